The summed E-state index contributed by atoms with van der Waals surface area (Å²) in [7, 11) is -1.13. The first-order chi connectivity index (χ1) is 13.4. The van der Waals surface area contributed by atoms with Crippen LogP contribution in [0, 0.1) is 12.0 Å². The molecule has 0 aliphatic carbocycles. The van der Waals surface area contributed by atoms with E-state index < -0.39 is 8.53 Å². The van der Waals surface area contributed by atoms with Crippen molar-refractivity contribution in [2.24, 2.45) is 5.41 Å². The normalized spacial score (nSPS) is 13.5. The van der Waals surface area contributed by atoms with Gasteiger partial charge in [0.25, 0.3) is 8.53 Å². The molecule has 0 saturated heterocycles. The van der Waals surface area contributed by atoms with Gasteiger partial charge in [0.1, 0.15) is 6.61 Å². The Hall–Kier alpha value is -0.200. The van der Waals surface area contributed by atoms with Crippen LogP contribution in [0.4, 0.5) is 0 Å². The molecule has 0 aromatic heterocycles. The minimum atomic E-state index is -1.13. The van der Waals surface area contributed by atoms with E-state index >= 15 is 0 Å². The molecule has 0 fully saturated rings. The van der Waals surface area contributed by atoms with Gasteiger partial charge in [0.05, 0.1) is 6.61 Å². The van der Waals surface area contributed by atoms with Gasteiger partial charge in [-0.25, -0.2) is 11.2 Å². The second-order valence-electron chi connectivity index (χ2n) is 8.60. The minimum absolute atomic E-state index is 0.269. The molecule has 0 spiro atoms. The van der Waals surface area contributed by atoms with Gasteiger partial charge in [-0.3, -0.25) is 0 Å². The van der Waals surface area contributed by atoms with Crippen LogP contribution >= 0.6 is 8.53 Å². The van der Waals surface area contributed by atoms with E-state index in [0.29, 0.717) is 25.2 Å². The van der Waals surface area contributed by atoms with E-state index in [9.17, 15) is 0 Å². The van der Waals surface area contributed by atoms with Gasteiger partial charge in [0, 0.05) is 12.1 Å². The summed E-state index contributed by atoms with van der Waals surface area (Å²) in [6.45, 7) is 24.4. The maximum absolute atomic E-state index is 7.05. The summed E-state index contributed by atoms with van der Waals surface area (Å²) in [5.74, 6) is 0. The maximum atomic E-state index is 7.05. The molecule has 0 aliphatic heterocycles. The molecule has 0 bridgehead atoms. The lowest BCUT2D eigenvalue weighted by Crippen LogP contribution is -2.35. The van der Waals surface area contributed by atoms with Crippen LogP contribution in [-0.2, 0) is 9.05 Å². The van der Waals surface area contributed by atoms with Gasteiger partial charge >= 0.3 is 0 Å². The first-order valence-corrected chi connectivity index (χ1v) is 12.7. The van der Waals surface area contributed by atoms with Crippen molar-refractivity contribution in [3.05, 3.63) is 11.4 Å². The summed E-state index contributed by atoms with van der Waals surface area (Å²) in [6.07, 6.45) is 11.3. The first-order valence-electron chi connectivity index (χ1n) is 11.5. The lowest BCUT2D eigenvalue weighted by atomic mass is 9.75. The van der Waals surface area contributed by atoms with Crippen molar-refractivity contribution in [2.45, 2.75) is 118 Å². The Labute approximate surface area is 177 Å². The number of hydrogen-bond donors (Lipinski definition) is 0. The zero-order chi connectivity index (χ0) is 21.4. The molecule has 0 aromatic rings. The summed E-state index contributed by atoms with van der Waals surface area (Å²) in [5, 5.41) is 0. The van der Waals surface area contributed by atoms with Crippen LogP contribution < -0.4 is 0 Å². The summed E-state index contributed by atoms with van der Waals surface area (Å²) < 4.78 is 15.1. The standard InChI is InChI=1S/C23H47N2O2P/c1-9-12-15-23(16-13-10-2,17-14-11-3)20-27-28(26-19-18-24-8)25(21(4)5)22(6)7/h21-22H,9-20H2,1-7H3. The molecular formula is C23H47N2O2P. The molecule has 0 heterocycles. The largest absolute Gasteiger partial charge is 0.321 e. The molecule has 0 N–H and O–H groups in total. The molecule has 4 nitrogen and oxygen atoms in total. The highest BCUT2D eigenvalue weighted by molar-refractivity contribution is 7.44. The lowest BCUT2D eigenvalue weighted by molar-refractivity contribution is 0.0816. The van der Waals surface area contributed by atoms with Gasteiger partial charge in [-0.2, -0.15) is 0 Å². The van der Waals surface area contributed by atoms with Crippen molar-refractivity contribution in [3.63, 3.8) is 0 Å². The molecule has 166 valence electrons. The highest BCUT2D eigenvalue weighted by Gasteiger charge is 2.33. The van der Waals surface area contributed by atoms with E-state index in [0.717, 1.165) is 6.61 Å². The van der Waals surface area contributed by atoms with E-state index in [2.05, 4.69) is 58.0 Å². The number of hydrogen-bond acceptors (Lipinski definition) is 3. The van der Waals surface area contributed by atoms with Crippen LogP contribution in [0.3, 0.4) is 0 Å². The number of rotatable bonds is 18. The third kappa shape index (κ3) is 11.1. The zero-order valence-electron chi connectivity index (χ0n) is 19.8. The van der Waals surface area contributed by atoms with Crippen molar-refractivity contribution < 1.29 is 9.05 Å². The van der Waals surface area contributed by atoms with E-state index in [4.69, 9.17) is 15.6 Å². The Balaban J connectivity index is 5.38. The molecule has 1 unspecified atom stereocenters. The SMILES string of the molecule is [C-]#[N+]CCOP(OCC(CCCC)(CCCC)CCCC)N(C(C)C)C(C)C. The fraction of sp³-hybridized carbons (Fsp3) is 0.957. The van der Waals surface area contributed by atoms with E-state index in [1.165, 1.54) is 57.8 Å². The van der Waals surface area contributed by atoms with E-state index in [-0.39, 0.29) is 5.41 Å². The van der Waals surface area contributed by atoms with Crippen LogP contribution in [-0.4, -0.2) is 36.5 Å². The number of nitrogens with zero attached hydrogens (tertiary/aromatic N) is 2. The van der Waals surface area contributed by atoms with Crippen LogP contribution in [0.5, 0.6) is 0 Å². The molecule has 0 radical (unpaired) electrons. The van der Waals surface area contributed by atoms with Crippen molar-refractivity contribution in [1.82, 2.24) is 4.67 Å². The second-order valence-corrected chi connectivity index (χ2v) is 10.1. The highest BCUT2D eigenvalue weighted by atomic mass is 31.2. The van der Waals surface area contributed by atoms with Gasteiger partial charge < -0.3 is 13.9 Å². The Kier molecular flexibility index (Phi) is 16.5. The molecule has 0 amide bonds. The third-order valence-electron chi connectivity index (χ3n) is 5.31. The van der Waals surface area contributed by atoms with Crippen LogP contribution in [0.2, 0.25) is 0 Å². The average molecular weight is 415 g/mol. The summed E-state index contributed by atoms with van der Waals surface area (Å²) in [4.78, 5) is 3.45. The van der Waals surface area contributed by atoms with Gasteiger partial charge in [0.15, 0.2) is 0 Å². The Morgan fingerprint density at radius 2 is 1.32 bits per heavy atom. The molecule has 28 heavy (non-hydrogen) atoms. The van der Waals surface area contributed by atoms with Crippen LogP contribution in [0.15, 0.2) is 0 Å². The zero-order valence-corrected chi connectivity index (χ0v) is 20.7. The Morgan fingerprint density at radius 3 is 1.68 bits per heavy atom. The van der Waals surface area contributed by atoms with Gasteiger partial charge in [-0.1, -0.05) is 59.3 Å². The summed E-state index contributed by atoms with van der Waals surface area (Å²) >= 11 is 0. The van der Waals surface area contributed by atoms with E-state index in [1.54, 1.807) is 0 Å². The fourth-order valence-electron chi connectivity index (χ4n) is 3.75. The van der Waals surface area contributed by atoms with Crippen LogP contribution in [0.25, 0.3) is 4.85 Å². The van der Waals surface area contributed by atoms with Crippen molar-refractivity contribution in [3.8, 4) is 0 Å². The number of unbranched alkanes of at least 4 members (excludes halogenated alkanes) is 3. The topological polar surface area (TPSA) is 26.1 Å². The fourth-order valence-corrected chi connectivity index (χ4v) is 5.47. The molecule has 5 heteroatoms. The van der Waals surface area contributed by atoms with Gasteiger partial charge in [-0.05, 0) is 52.4 Å². The maximum Gasteiger partial charge on any atom is 0.259 e. The van der Waals surface area contributed by atoms with Gasteiger partial charge in [0.2, 0.25) is 6.54 Å². The first kappa shape index (κ1) is 27.8. The van der Waals surface area contributed by atoms with Crippen molar-refractivity contribution in [2.75, 3.05) is 19.8 Å². The lowest BCUT2D eigenvalue weighted by Gasteiger charge is -2.39. The molecule has 1 atom stereocenters. The van der Waals surface area contributed by atoms with Crippen LogP contribution in [0.1, 0.15) is 106 Å². The molecule has 0 aliphatic rings. The Bertz CT molecular complexity index is 380. The summed E-state index contributed by atoms with van der Waals surface area (Å²) in [5.41, 5.74) is 0.269. The summed E-state index contributed by atoms with van der Waals surface area (Å²) in [6, 6.07) is 0.714. The predicted molar refractivity (Wildman–Crippen MR) is 123 cm³/mol. The smallest absolute Gasteiger partial charge is 0.259 e. The molecule has 0 aromatic carbocycles. The monoisotopic (exact) mass is 414 g/mol. The molecular weight excluding hydrogens is 367 g/mol. The third-order valence-corrected chi connectivity index (χ3v) is 7.37. The minimum Gasteiger partial charge on any atom is -0.321 e. The van der Waals surface area contributed by atoms with Crippen molar-refractivity contribution in [1.29, 1.82) is 0 Å². The molecule has 0 saturated carbocycles. The highest BCUT2D eigenvalue weighted by Crippen LogP contribution is 2.49. The van der Waals surface area contributed by atoms with Crippen molar-refractivity contribution >= 4 is 8.53 Å². The average Bonchev–Trinajstić information content (AvgIpc) is 2.66. The van der Waals surface area contributed by atoms with Gasteiger partial charge in [-0.15, -0.1) is 0 Å². The molecule has 0 rings (SSSR count). The van der Waals surface area contributed by atoms with E-state index in [1.807, 2.05) is 0 Å². The predicted octanol–water partition coefficient (Wildman–Crippen LogP) is 7.84. The second kappa shape index (κ2) is 16.6. The Morgan fingerprint density at radius 1 is 0.857 bits per heavy atom. The quantitative estimate of drug-likeness (QED) is 0.130.